The van der Waals surface area contributed by atoms with Crippen LogP contribution in [0.5, 0.6) is 0 Å². The van der Waals surface area contributed by atoms with Gasteiger partial charge in [0.15, 0.2) is 0 Å². The van der Waals surface area contributed by atoms with Gasteiger partial charge in [-0.05, 0) is 49.6 Å². The van der Waals surface area contributed by atoms with Crippen LogP contribution in [0.3, 0.4) is 0 Å². The fourth-order valence-corrected chi connectivity index (χ4v) is 2.95. The largest absolute Gasteiger partial charge is 0.311 e. The van der Waals surface area contributed by atoms with Crippen LogP contribution in [0.4, 0.5) is 5.82 Å². The van der Waals surface area contributed by atoms with E-state index in [1.165, 1.54) is 5.56 Å². The monoisotopic (exact) mass is 333 g/mol. The normalized spacial score (nSPS) is 12.4. The molecule has 2 aromatic heterocycles. The zero-order chi connectivity index (χ0) is 17.3. The molecular weight excluding hydrogens is 306 g/mol. The predicted molar refractivity (Wildman–Crippen MR) is 97.2 cm³/mol. The average molecular weight is 334 g/mol. The molecule has 0 unspecified atom stereocenters. The lowest BCUT2D eigenvalue weighted by Gasteiger charge is -2.23. The SMILES string of the molecule is CC(C)(C)c1cc(NC(=O)CCc2ccsc2)n(C(C)(C)C)n1. The van der Waals surface area contributed by atoms with Gasteiger partial charge in [-0.2, -0.15) is 16.4 Å². The maximum absolute atomic E-state index is 12.3. The summed E-state index contributed by atoms with van der Waals surface area (Å²) in [5, 5.41) is 11.9. The molecule has 1 amide bonds. The molecule has 2 rings (SSSR count). The summed E-state index contributed by atoms with van der Waals surface area (Å²) in [6.45, 7) is 12.7. The van der Waals surface area contributed by atoms with Gasteiger partial charge in [0.25, 0.3) is 0 Å². The van der Waals surface area contributed by atoms with Gasteiger partial charge in [0.1, 0.15) is 5.82 Å². The molecule has 0 aliphatic rings. The summed E-state index contributed by atoms with van der Waals surface area (Å²) in [6.07, 6.45) is 1.25. The number of nitrogens with zero attached hydrogens (tertiary/aromatic N) is 2. The van der Waals surface area contributed by atoms with Gasteiger partial charge in [-0.1, -0.05) is 20.8 Å². The molecule has 0 aliphatic heterocycles. The van der Waals surface area contributed by atoms with Crippen LogP contribution in [0, 0.1) is 0 Å². The number of hydrogen-bond donors (Lipinski definition) is 1. The Morgan fingerprint density at radius 3 is 2.48 bits per heavy atom. The lowest BCUT2D eigenvalue weighted by Crippen LogP contribution is -2.27. The van der Waals surface area contributed by atoms with Crippen LogP contribution in [0.2, 0.25) is 0 Å². The molecular formula is C18H27N3OS. The number of aryl methyl sites for hydroxylation is 1. The summed E-state index contributed by atoms with van der Waals surface area (Å²) in [5.74, 6) is 0.805. The first-order valence-electron chi connectivity index (χ1n) is 7.99. The second-order valence-electron chi connectivity index (χ2n) is 7.93. The molecule has 1 N–H and O–H groups in total. The van der Waals surface area contributed by atoms with Crippen LogP contribution >= 0.6 is 11.3 Å². The molecule has 4 nitrogen and oxygen atoms in total. The maximum Gasteiger partial charge on any atom is 0.225 e. The number of thiophene rings is 1. The Morgan fingerprint density at radius 2 is 1.96 bits per heavy atom. The van der Waals surface area contributed by atoms with Crippen molar-refractivity contribution < 1.29 is 4.79 Å². The Kier molecular flexibility index (Phi) is 4.99. The van der Waals surface area contributed by atoms with Gasteiger partial charge in [0.2, 0.25) is 5.91 Å². The molecule has 2 heterocycles. The summed E-state index contributed by atoms with van der Waals surface area (Å²) in [5.41, 5.74) is 1.97. The van der Waals surface area contributed by atoms with E-state index >= 15 is 0 Å². The Labute approximate surface area is 142 Å². The lowest BCUT2D eigenvalue weighted by atomic mass is 9.92. The molecule has 5 heteroatoms. The third-order valence-corrected chi connectivity index (χ3v) is 4.33. The number of amides is 1. The average Bonchev–Trinajstić information content (AvgIpc) is 3.03. The smallest absolute Gasteiger partial charge is 0.225 e. The van der Waals surface area contributed by atoms with Crippen LogP contribution in [-0.4, -0.2) is 15.7 Å². The van der Waals surface area contributed by atoms with Gasteiger partial charge in [-0.3, -0.25) is 4.79 Å². The van der Waals surface area contributed by atoms with Crippen molar-refractivity contribution >= 4 is 23.1 Å². The molecule has 0 atom stereocenters. The molecule has 0 saturated heterocycles. The van der Waals surface area contributed by atoms with Crippen LogP contribution in [0.15, 0.2) is 22.9 Å². The first-order valence-corrected chi connectivity index (χ1v) is 8.93. The fraction of sp³-hybridized carbons (Fsp3) is 0.556. The minimum atomic E-state index is -0.181. The molecule has 0 saturated carbocycles. The highest BCUT2D eigenvalue weighted by Gasteiger charge is 2.25. The van der Waals surface area contributed by atoms with E-state index < -0.39 is 0 Å². The van der Waals surface area contributed by atoms with Gasteiger partial charge in [0.05, 0.1) is 11.2 Å². The number of rotatable bonds is 4. The number of aromatic nitrogens is 2. The first kappa shape index (κ1) is 17.7. The van der Waals surface area contributed by atoms with Gasteiger partial charge in [0, 0.05) is 17.9 Å². The van der Waals surface area contributed by atoms with Crippen molar-refractivity contribution in [2.45, 2.75) is 65.3 Å². The van der Waals surface area contributed by atoms with Crippen molar-refractivity contribution in [3.8, 4) is 0 Å². The van der Waals surface area contributed by atoms with Crippen molar-refractivity contribution in [3.63, 3.8) is 0 Å². The molecule has 23 heavy (non-hydrogen) atoms. The highest BCUT2D eigenvalue weighted by Crippen LogP contribution is 2.28. The van der Waals surface area contributed by atoms with E-state index in [1.807, 2.05) is 16.1 Å². The van der Waals surface area contributed by atoms with E-state index in [1.54, 1.807) is 11.3 Å². The summed E-state index contributed by atoms with van der Waals surface area (Å²) in [4.78, 5) is 12.3. The molecule has 0 spiro atoms. The molecule has 0 aliphatic carbocycles. The Balaban J connectivity index is 2.14. The maximum atomic E-state index is 12.3. The van der Waals surface area contributed by atoms with E-state index in [-0.39, 0.29) is 16.9 Å². The fourth-order valence-electron chi connectivity index (χ4n) is 2.25. The van der Waals surface area contributed by atoms with Gasteiger partial charge in [-0.15, -0.1) is 0 Å². The third kappa shape index (κ3) is 4.67. The molecule has 0 bridgehead atoms. The zero-order valence-electron chi connectivity index (χ0n) is 14.9. The van der Waals surface area contributed by atoms with Crippen molar-refractivity contribution in [2.24, 2.45) is 0 Å². The first-order chi connectivity index (χ1) is 10.6. The number of carbonyl (C=O) groups excluding carboxylic acids is 1. The molecule has 0 radical (unpaired) electrons. The summed E-state index contributed by atoms with van der Waals surface area (Å²) in [7, 11) is 0. The second-order valence-corrected chi connectivity index (χ2v) is 8.71. The Hall–Kier alpha value is -1.62. The standard InChI is InChI=1S/C18H27N3OS/c1-17(2,3)14-11-15(21(20-14)18(4,5)6)19-16(22)8-7-13-9-10-23-12-13/h9-12H,7-8H2,1-6H3,(H,19,22). The summed E-state index contributed by atoms with van der Waals surface area (Å²) in [6, 6.07) is 4.06. The van der Waals surface area contributed by atoms with Crippen molar-refractivity contribution in [2.75, 3.05) is 5.32 Å². The number of nitrogens with one attached hydrogen (secondary N) is 1. The number of anilines is 1. The molecule has 0 fully saturated rings. The van der Waals surface area contributed by atoms with E-state index in [0.29, 0.717) is 6.42 Å². The van der Waals surface area contributed by atoms with E-state index in [0.717, 1.165) is 17.9 Å². The minimum absolute atomic E-state index is 0.0297. The molecule has 0 aromatic carbocycles. The van der Waals surface area contributed by atoms with E-state index in [9.17, 15) is 4.79 Å². The van der Waals surface area contributed by atoms with Gasteiger partial charge < -0.3 is 5.32 Å². The van der Waals surface area contributed by atoms with Crippen LogP contribution in [0.1, 0.15) is 59.2 Å². The summed E-state index contributed by atoms with van der Waals surface area (Å²) >= 11 is 1.66. The van der Waals surface area contributed by atoms with Crippen LogP contribution < -0.4 is 5.32 Å². The zero-order valence-corrected chi connectivity index (χ0v) is 15.8. The van der Waals surface area contributed by atoms with Crippen molar-refractivity contribution in [1.29, 1.82) is 0 Å². The second kappa shape index (κ2) is 6.48. The number of carbonyl (C=O) groups is 1. The van der Waals surface area contributed by atoms with Gasteiger partial charge >= 0.3 is 0 Å². The quantitative estimate of drug-likeness (QED) is 0.891. The predicted octanol–water partition coefficient (Wildman–Crippen LogP) is 4.57. The molecule has 126 valence electrons. The molecule has 2 aromatic rings. The Bertz CT molecular complexity index is 657. The van der Waals surface area contributed by atoms with E-state index in [4.69, 9.17) is 5.10 Å². The lowest BCUT2D eigenvalue weighted by molar-refractivity contribution is -0.116. The third-order valence-electron chi connectivity index (χ3n) is 3.60. The highest BCUT2D eigenvalue weighted by atomic mass is 32.1. The van der Waals surface area contributed by atoms with Gasteiger partial charge in [-0.25, -0.2) is 4.68 Å². The van der Waals surface area contributed by atoms with Crippen molar-refractivity contribution in [3.05, 3.63) is 34.2 Å². The Morgan fingerprint density at radius 1 is 1.26 bits per heavy atom. The van der Waals surface area contributed by atoms with E-state index in [2.05, 4.69) is 58.3 Å². The van der Waals surface area contributed by atoms with Crippen LogP contribution in [0.25, 0.3) is 0 Å². The topological polar surface area (TPSA) is 46.9 Å². The number of hydrogen-bond acceptors (Lipinski definition) is 3. The summed E-state index contributed by atoms with van der Waals surface area (Å²) < 4.78 is 1.91. The van der Waals surface area contributed by atoms with Crippen molar-refractivity contribution in [1.82, 2.24) is 9.78 Å². The van der Waals surface area contributed by atoms with Crippen LogP contribution in [-0.2, 0) is 22.2 Å². The minimum Gasteiger partial charge on any atom is -0.311 e. The highest BCUT2D eigenvalue weighted by molar-refractivity contribution is 7.07.